The topological polar surface area (TPSA) is 69.6 Å². The number of aliphatic imine (C=N–C) groups is 1. The Morgan fingerprint density at radius 2 is 2.11 bits per heavy atom. The normalized spacial score (nSPS) is 19.1. The zero-order valence-corrected chi connectivity index (χ0v) is 20.0. The predicted molar refractivity (Wildman–Crippen MR) is 129 cm³/mol. The first-order chi connectivity index (χ1) is 13.1. The molecule has 0 aromatic carbocycles. The molecule has 1 aromatic rings. The third-order valence-electron chi connectivity index (χ3n) is 5.32. The van der Waals surface area contributed by atoms with Crippen molar-refractivity contribution in [2.75, 3.05) is 37.8 Å². The molecule has 1 amide bonds. The number of carbonyl (C=O) groups excluding carboxylic acids is 1. The molecule has 3 rings (SSSR count). The van der Waals surface area contributed by atoms with E-state index in [2.05, 4.69) is 37.3 Å². The molecule has 2 aliphatic rings. The number of thioether (sulfide) groups is 1. The maximum absolute atomic E-state index is 12.2. The number of hydrogen-bond acceptors (Lipinski definition) is 4. The van der Waals surface area contributed by atoms with E-state index in [1.54, 1.807) is 0 Å². The van der Waals surface area contributed by atoms with Crippen LogP contribution >= 0.6 is 35.7 Å². The molecule has 0 atom stereocenters. The fraction of sp³-hybridized carbons (Fsp3) is 0.650. The quantitative estimate of drug-likeness (QED) is 0.363. The van der Waals surface area contributed by atoms with Crippen LogP contribution in [0.3, 0.4) is 0 Å². The highest BCUT2D eigenvalue weighted by atomic mass is 127. The van der Waals surface area contributed by atoms with Gasteiger partial charge >= 0.3 is 0 Å². The van der Waals surface area contributed by atoms with Crippen molar-refractivity contribution in [3.63, 3.8) is 0 Å². The summed E-state index contributed by atoms with van der Waals surface area (Å²) in [4.78, 5) is 23.3. The molecule has 1 aromatic heterocycles. The van der Waals surface area contributed by atoms with Crippen molar-refractivity contribution in [3.05, 3.63) is 23.9 Å². The van der Waals surface area contributed by atoms with Crippen LogP contribution in [0.1, 0.15) is 44.2 Å². The monoisotopic (exact) mass is 517 g/mol. The number of nitrogens with zero attached hydrogens (tertiary/aromatic N) is 3. The maximum atomic E-state index is 12.2. The Balaban J connectivity index is 0.00000280. The number of guanidine groups is 1. The van der Waals surface area contributed by atoms with Gasteiger partial charge in [-0.15, -0.1) is 24.0 Å². The highest BCUT2D eigenvalue weighted by molar-refractivity contribution is 14.0. The van der Waals surface area contributed by atoms with Gasteiger partial charge in [-0.05, 0) is 31.9 Å². The second kappa shape index (κ2) is 11.2. The summed E-state index contributed by atoms with van der Waals surface area (Å²) in [5.41, 5.74) is 0.894. The molecular formula is C20H32IN5OS. The standard InChI is InChI=1S/C20H31N5OS.HI/c1-16-7-6-8-17(23-16)24-18(26)9-12-22-19(21-2)25-13-14-27-20(15-25)10-4-3-5-11-20;/h6-8H,3-5,9-15H2,1-2H3,(H,21,22)(H,23,24,26);1H. The number of aryl methyl sites for hydroxylation is 1. The van der Waals surface area contributed by atoms with Crippen molar-refractivity contribution >= 4 is 53.4 Å². The van der Waals surface area contributed by atoms with Crippen LogP contribution < -0.4 is 10.6 Å². The molecule has 0 unspecified atom stereocenters. The van der Waals surface area contributed by atoms with Gasteiger partial charge in [0.05, 0.1) is 0 Å². The summed E-state index contributed by atoms with van der Waals surface area (Å²) >= 11 is 2.15. The molecule has 2 fully saturated rings. The van der Waals surface area contributed by atoms with Gasteiger partial charge in [-0.25, -0.2) is 4.98 Å². The fourth-order valence-corrected chi connectivity index (χ4v) is 5.53. The van der Waals surface area contributed by atoms with Crippen molar-refractivity contribution in [3.8, 4) is 0 Å². The van der Waals surface area contributed by atoms with Gasteiger partial charge in [0.15, 0.2) is 5.96 Å². The van der Waals surface area contributed by atoms with Gasteiger partial charge in [-0.3, -0.25) is 9.79 Å². The Labute approximate surface area is 189 Å². The average Bonchev–Trinajstić information content (AvgIpc) is 2.66. The van der Waals surface area contributed by atoms with Crippen LogP contribution in [-0.2, 0) is 4.79 Å². The molecule has 6 nitrogen and oxygen atoms in total. The molecular weight excluding hydrogens is 485 g/mol. The van der Waals surface area contributed by atoms with Gasteiger partial charge in [0.2, 0.25) is 5.91 Å². The summed E-state index contributed by atoms with van der Waals surface area (Å²) in [6.07, 6.45) is 7.09. The highest BCUT2D eigenvalue weighted by Crippen LogP contribution is 2.42. The minimum Gasteiger partial charge on any atom is -0.356 e. The number of anilines is 1. The van der Waals surface area contributed by atoms with Crippen LogP contribution in [-0.4, -0.2) is 58.9 Å². The SMILES string of the molecule is CN=C(NCCC(=O)Nc1cccc(C)n1)N1CCSC2(CCCCC2)C1.I. The van der Waals surface area contributed by atoms with Gasteiger partial charge in [0, 0.05) is 49.3 Å². The van der Waals surface area contributed by atoms with Crippen LogP contribution in [0.15, 0.2) is 23.2 Å². The molecule has 28 heavy (non-hydrogen) atoms. The Kier molecular flexibility index (Phi) is 9.33. The van der Waals surface area contributed by atoms with Crippen LogP contribution in [0, 0.1) is 6.92 Å². The summed E-state index contributed by atoms with van der Waals surface area (Å²) in [7, 11) is 1.83. The summed E-state index contributed by atoms with van der Waals surface area (Å²) < 4.78 is 0.405. The third kappa shape index (κ3) is 6.50. The zero-order chi connectivity index (χ0) is 19.1. The highest BCUT2D eigenvalue weighted by Gasteiger charge is 2.38. The van der Waals surface area contributed by atoms with E-state index in [1.165, 1.54) is 32.1 Å². The van der Waals surface area contributed by atoms with Gasteiger partial charge in [-0.1, -0.05) is 25.3 Å². The van der Waals surface area contributed by atoms with Crippen molar-refractivity contribution < 1.29 is 4.79 Å². The maximum Gasteiger partial charge on any atom is 0.227 e. The molecule has 8 heteroatoms. The minimum atomic E-state index is -0.0333. The lowest BCUT2D eigenvalue weighted by atomic mass is 9.87. The second-order valence-electron chi connectivity index (χ2n) is 7.45. The van der Waals surface area contributed by atoms with Crippen molar-refractivity contribution in [1.29, 1.82) is 0 Å². The minimum absolute atomic E-state index is 0. The number of nitrogens with one attached hydrogen (secondary N) is 2. The number of carbonyl (C=O) groups is 1. The van der Waals surface area contributed by atoms with E-state index in [0.29, 0.717) is 23.5 Å². The molecule has 2 heterocycles. The van der Waals surface area contributed by atoms with Crippen molar-refractivity contribution in [2.24, 2.45) is 4.99 Å². The van der Waals surface area contributed by atoms with Crippen LogP contribution in [0.25, 0.3) is 0 Å². The number of hydrogen-bond donors (Lipinski definition) is 2. The van der Waals surface area contributed by atoms with Crippen LogP contribution in [0.2, 0.25) is 0 Å². The number of amides is 1. The van der Waals surface area contributed by atoms with Gasteiger partial charge < -0.3 is 15.5 Å². The Morgan fingerprint density at radius 3 is 2.82 bits per heavy atom. The Morgan fingerprint density at radius 1 is 1.32 bits per heavy atom. The predicted octanol–water partition coefficient (Wildman–Crippen LogP) is 3.66. The van der Waals surface area contributed by atoms with Crippen LogP contribution in [0.4, 0.5) is 5.82 Å². The van der Waals surface area contributed by atoms with E-state index in [-0.39, 0.29) is 29.9 Å². The second-order valence-corrected chi connectivity index (χ2v) is 9.01. The third-order valence-corrected chi connectivity index (χ3v) is 6.85. The molecule has 1 saturated carbocycles. The molecule has 0 radical (unpaired) electrons. The summed E-state index contributed by atoms with van der Waals surface area (Å²) in [6.45, 7) is 4.57. The van der Waals surface area contributed by atoms with E-state index < -0.39 is 0 Å². The molecule has 0 bridgehead atoms. The zero-order valence-electron chi connectivity index (χ0n) is 16.9. The van der Waals surface area contributed by atoms with Crippen molar-refractivity contribution in [1.82, 2.24) is 15.2 Å². The first kappa shape index (κ1) is 23.3. The van der Waals surface area contributed by atoms with E-state index in [9.17, 15) is 4.79 Å². The molecule has 1 spiro atoms. The van der Waals surface area contributed by atoms with Gasteiger partial charge in [0.1, 0.15) is 5.82 Å². The van der Waals surface area contributed by atoms with Crippen molar-refractivity contribution in [2.45, 2.75) is 50.2 Å². The van der Waals surface area contributed by atoms with Crippen LogP contribution in [0.5, 0.6) is 0 Å². The van der Waals surface area contributed by atoms with E-state index >= 15 is 0 Å². The van der Waals surface area contributed by atoms with E-state index in [4.69, 9.17) is 0 Å². The molecule has 1 aliphatic carbocycles. The average molecular weight is 517 g/mol. The summed E-state index contributed by atoms with van der Waals surface area (Å²) in [5, 5.41) is 6.23. The molecule has 156 valence electrons. The number of halogens is 1. The lowest BCUT2D eigenvalue weighted by Crippen LogP contribution is -2.53. The first-order valence-corrected chi connectivity index (χ1v) is 10.9. The number of aromatic nitrogens is 1. The summed E-state index contributed by atoms with van der Waals surface area (Å²) in [5.74, 6) is 2.65. The first-order valence-electron chi connectivity index (χ1n) is 9.93. The molecule has 1 saturated heterocycles. The van der Waals surface area contributed by atoms with E-state index in [0.717, 1.165) is 30.5 Å². The largest absolute Gasteiger partial charge is 0.356 e. The molecule has 2 N–H and O–H groups in total. The Bertz CT molecular complexity index is 673. The van der Waals surface area contributed by atoms with E-state index in [1.807, 2.05) is 32.2 Å². The number of pyridine rings is 1. The number of rotatable bonds is 4. The fourth-order valence-electron chi connectivity index (χ4n) is 3.96. The Hall–Kier alpha value is -1.03. The smallest absolute Gasteiger partial charge is 0.227 e. The summed E-state index contributed by atoms with van der Waals surface area (Å²) in [6, 6.07) is 5.62. The lowest BCUT2D eigenvalue weighted by molar-refractivity contribution is -0.116. The van der Waals surface area contributed by atoms with Gasteiger partial charge in [0.25, 0.3) is 0 Å². The molecule has 1 aliphatic heterocycles. The lowest BCUT2D eigenvalue weighted by Gasteiger charge is -2.45. The van der Waals surface area contributed by atoms with Gasteiger partial charge in [-0.2, -0.15) is 11.8 Å².